The van der Waals surface area contributed by atoms with Crippen LogP contribution in [0.2, 0.25) is 0 Å². The van der Waals surface area contributed by atoms with Crippen LogP contribution in [0.4, 0.5) is 0 Å². The van der Waals surface area contributed by atoms with Gasteiger partial charge in [0.25, 0.3) is 0 Å². The molecule has 1 N–H and O–H groups in total. The molecule has 2 rings (SSSR count). The average molecular weight is 266 g/mol. The summed E-state index contributed by atoms with van der Waals surface area (Å²) in [5.41, 5.74) is 0. The Morgan fingerprint density at radius 2 is 2.50 bits per heavy atom. The topological polar surface area (TPSA) is 38.3 Å². The molecule has 2 saturated heterocycles. The van der Waals surface area contributed by atoms with Crippen LogP contribution in [0.1, 0.15) is 13.8 Å². The van der Waals surface area contributed by atoms with Gasteiger partial charge in [-0.05, 0) is 0 Å². The number of hydrogen-bond acceptors (Lipinski definition) is 4. The molecule has 3 nitrogen and oxygen atoms in total. The number of fused-ring (bicyclic) bond motifs is 2. The summed E-state index contributed by atoms with van der Waals surface area (Å²) in [6.07, 6.45) is 0. The van der Waals surface area contributed by atoms with Crippen molar-refractivity contribution in [2.75, 3.05) is 0 Å². The van der Waals surface area contributed by atoms with Crippen LogP contribution in [0.25, 0.3) is 0 Å². The van der Waals surface area contributed by atoms with E-state index in [1.807, 2.05) is 8.95 Å². The van der Waals surface area contributed by atoms with E-state index in [1.165, 1.54) is 0 Å². The molecule has 2 aliphatic rings. The van der Waals surface area contributed by atoms with Gasteiger partial charge in [-0.2, -0.15) is 0 Å². The van der Waals surface area contributed by atoms with E-state index in [1.54, 1.807) is 0 Å². The predicted octanol–water partition coefficient (Wildman–Crippen LogP) is -0.256. The van der Waals surface area contributed by atoms with Crippen molar-refractivity contribution in [1.82, 2.24) is 3.54 Å². The van der Waals surface area contributed by atoms with Gasteiger partial charge in [-0.25, -0.2) is 0 Å². The summed E-state index contributed by atoms with van der Waals surface area (Å²) >= 11 is -2.00. The van der Waals surface area contributed by atoms with Crippen molar-refractivity contribution in [2.45, 2.75) is 24.6 Å². The zero-order chi connectivity index (χ0) is 7.35. The molecule has 0 aromatic heterocycles. The molecule has 5 heteroatoms. The number of rotatable bonds is 0. The molecule has 0 aromatic rings. The van der Waals surface area contributed by atoms with Crippen LogP contribution in [0.3, 0.4) is 0 Å². The third kappa shape index (κ3) is 0.886. The first-order valence-electron chi connectivity index (χ1n) is 3.24. The van der Waals surface area contributed by atoms with Gasteiger partial charge in [-0.15, -0.1) is 0 Å². The van der Waals surface area contributed by atoms with Crippen LogP contribution >= 0.6 is 8.95 Å². The van der Waals surface area contributed by atoms with Gasteiger partial charge in [-0.1, -0.05) is 0 Å². The zero-order valence-corrected chi connectivity index (χ0v) is 9.99. The molecule has 0 amide bonds. The Kier molecular flexibility index (Phi) is 1.48. The summed E-state index contributed by atoms with van der Waals surface area (Å²) in [5, 5.41) is 0. The van der Waals surface area contributed by atoms with E-state index in [0.29, 0.717) is 0 Å². The van der Waals surface area contributed by atoms with Crippen molar-refractivity contribution in [3.63, 3.8) is 0 Å². The van der Waals surface area contributed by atoms with Crippen molar-refractivity contribution >= 4 is 34.0 Å². The Hall–Kier alpha value is 0.579. The third-order valence-corrected chi connectivity index (χ3v) is 14.5. The number of carbonyl (C=O) groups excluding carboxylic acids is 1. The standard InChI is InChI=1S/C5H10NO2S.Sn.H/c1-5(2,9)3(6)4(7)8;;/h3,6,9H,1-2H3,(H,7,8);;/q-1;+3;/p-2. The van der Waals surface area contributed by atoms with Crippen molar-refractivity contribution in [2.24, 2.45) is 0 Å². The van der Waals surface area contributed by atoms with Crippen molar-refractivity contribution in [3.8, 4) is 0 Å². The van der Waals surface area contributed by atoms with E-state index in [-0.39, 0.29) is 16.8 Å². The van der Waals surface area contributed by atoms with E-state index in [0.717, 1.165) is 0 Å². The minimum absolute atomic E-state index is 0.00157. The molecule has 0 saturated carbocycles. The maximum atomic E-state index is 11.0. The van der Waals surface area contributed by atoms with Gasteiger partial charge < -0.3 is 0 Å². The number of hydrogen-bond donors (Lipinski definition) is 1. The third-order valence-electron chi connectivity index (χ3n) is 1.87. The maximum absolute atomic E-state index is 11.0. The summed E-state index contributed by atoms with van der Waals surface area (Å²) in [6.45, 7) is 4.21. The second kappa shape index (κ2) is 2.04. The number of nitrogens with one attached hydrogen (secondary N) is 1. The molecule has 0 aromatic carbocycles. The zero-order valence-electron chi connectivity index (χ0n) is 5.88. The Morgan fingerprint density at radius 1 is 1.80 bits per heavy atom. The van der Waals surface area contributed by atoms with Crippen LogP contribution in [-0.4, -0.2) is 35.8 Å². The Morgan fingerprint density at radius 3 is 2.80 bits per heavy atom. The first-order chi connectivity index (χ1) is 4.59. The van der Waals surface area contributed by atoms with Gasteiger partial charge >= 0.3 is 70.0 Å². The molecule has 0 radical (unpaired) electrons. The van der Waals surface area contributed by atoms with Crippen LogP contribution in [-0.2, 0) is 7.87 Å². The van der Waals surface area contributed by atoms with E-state index >= 15 is 0 Å². The fourth-order valence-corrected chi connectivity index (χ4v) is 14.6. The molecule has 10 heavy (non-hydrogen) atoms. The second-order valence-corrected chi connectivity index (χ2v) is 12.8. The Bertz CT molecular complexity index is 196. The van der Waals surface area contributed by atoms with Gasteiger partial charge in [0.05, 0.1) is 0 Å². The van der Waals surface area contributed by atoms with Gasteiger partial charge in [0.1, 0.15) is 0 Å². The molecule has 0 spiro atoms. The van der Waals surface area contributed by atoms with E-state index in [4.69, 9.17) is 3.07 Å². The quantitative estimate of drug-likeness (QED) is 0.613. The molecular formula is C5H9NO2SSn. The molecule has 2 aliphatic heterocycles. The summed E-state index contributed by atoms with van der Waals surface area (Å²) in [7, 11) is 1.88. The van der Waals surface area contributed by atoms with Crippen LogP contribution in [0.5, 0.6) is 0 Å². The first-order valence-corrected chi connectivity index (χ1v) is 11.1. The first kappa shape index (κ1) is 7.24. The fourth-order valence-electron chi connectivity index (χ4n) is 1.30. The fraction of sp³-hybridized carbons (Fsp3) is 0.800. The summed E-state index contributed by atoms with van der Waals surface area (Å²) in [5.74, 6) is -0.00968. The Balaban J connectivity index is 2.28. The van der Waals surface area contributed by atoms with E-state index < -0.39 is 19.1 Å². The summed E-state index contributed by atoms with van der Waals surface area (Å²) in [4.78, 5) is 11.0. The van der Waals surface area contributed by atoms with Gasteiger partial charge in [-0.3, -0.25) is 0 Å². The second-order valence-electron chi connectivity index (χ2n) is 3.09. The molecule has 2 heterocycles. The molecule has 2 fully saturated rings. The van der Waals surface area contributed by atoms with E-state index in [9.17, 15) is 4.79 Å². The molecule has 2 atom stereocenters. The van der Waals surface area contributed by atoms with Crippen molar-refractivity contribution < 1.29 is 7.87 Å². The van der Waals surface area contributed by atoms with Gasteiger partial charge in [0.2, 0.25) is 0 Å². The monoisotopic (exact) mass is 267 g/mol. The molecule has 56 valence electrons. The Labute approximate surface area is 70.0 Å². The van der Waals surface area contributed by atoms with Gasteiger partial charge in [0.15, 0.2) is 0 Å². The average Bonchev–Trinajstić information content (AvgIpc) is 2.18. The predicted molar refractivity (Wildman–Crippen MR) is 41.8 cm³/mol. The minimum atomic E-state index is -2.00. The van der Waals surface area contributed by atoms with Crippen LogP contribution in [0, 0.1) is 0 Å². The normalized spacial score (nSPS) is 42.0. The molecule has 0 aliphatic carbocycles. The van der Waals surface area contributed by atoms with E-state index in [2.05, 4.69) is 17.4 Å². The molecular weight excluding hydrogens is 257 g/mol. The summed E-state index contributed by atoms with van der Waals surface area (Å²) < 4.78 is 8.50. The molecule has 2 bridgehead atoms. The van der Waals surface area contributed by atoms with Crippen molar-refractivity contribution in [1.29, 1.82) is 0 Å². The summed E-state index contributed by atoms with van der Waals surface area (Å²) in [6, 6.07) is -0.00157. The SMILES string of the molecule is CC1(C)[S][SnH]2[NH]C1C(=O)[O]2. The van der Waals surface area contributed by atoms with Gasteiger partial charge in [0, 0.05) is 0 Å². The van der Waals surface area contributed by atoms with Crippen LogP contribution in [0.15, 0.2) is 0 Å². The van der Waals surface area contributed by atoms with Crippen LogP contribution < -0.4 is 3.54 Å². The number of carbonyl (C=O) groups is 1. The molecule has 2 unspecified atom stereocenters. The van der Waals surface area contributed by atoms with Crippen molar-refractivity contribution in [3.05, 3.63) is 0 Å².